The Balaban J connectivity index is 4.43. The molecule has 0 radical (unpaired) electrons. The van der Waals surface area contributed by atoms with Crippen molar-refractivity contribution in [3.8, 4) is 0 Å². The van der Waals surface area contributed by atoms with Crippen molar-refractivity contribution in [3.63, 3.8) is 0 Å². The summed E-state index contributed by atoms with van der Waals surface area (Å²) >= 11 is 0. The van der Waals surface area contributed by atoms with Gasteiger partial charge in [0.1, 0.15) is 0 Å². The molecule has 0 aliphatic heterocycles. The molecule has 2 N–H and O–H groups in total. The van der Waals surface area contributed by atoms with Crippen molar-refractivity contribution in [2.45, 2.75) is 27.7 Å². The summed E-state index contributed by atoms with van der Waals surface area (Å²) in [6.45, 7) is 7.84. The SMILES string of the molecule is CC(C)C(C)(C)C(=O)N(C)N. The van der Waals surface area contributed by atoms with Crippen LogP contribution in [0.25, 0.3) is 0 Å². The van der Waals surface area contributed by atoms with Gasteiger partial charge in [-0.15, -0.1) is 0 Å². The predicted molar refractivity (Wildman–Crippen MR) is 45.6 cm³/mol. The summed E-state index contributed by atoms with van der Waals surface area (Å²) in [5.41, 5.74) is -0.358. The van der Waals surface area contributed by atoms with Gasteiger partial charge in [-0.3, -0.25) is 9.80 Å². The van der Waals surface area contributed by atoms with Gasteiger partial charge in [-0.25, -0.2) is 5.84 Å². The molecule has 66 valence electrons. The lowest BCUT2D eigenvalue weighted by atomic mass is 9.80. The third-order valence-electron chi connectivity index (χ3n) is 2.31. The van der Waals surface area contributed by atoms with E-state index in [1.54, 1.807) is 7.05 Å². The van der Waals surface area contributed by atoms with E-state index in [1.807, 2.05) is 27.7 Å². The molecule has 0 rings (SSSR count). The number of carbonyl (C=O) groups excluding carboxylic acids is 1. The summed E-state index contributed by atoms with van der Waals surface area (Å²) in [7, 11) is 1.58. The second kappa shape index (κ2) is 3.22. The summed E-state index contributed by atoms with van der Waals surface area (Å²) in [6, 6.07) is 0. The second-order valence-corrected chi connectivity index (χ2v) is 3.79. The van der Waals surface area contributed by atoms with Crippen LogP contribution in [0.3, 0.4) is 0 Å². The van der Waals surface area contributed by atoms with Gasteiger partial charge in [-0.1, -0.05) is 27.7 Å². The Labute approximate surface area is 68.5 Å². The zero-order chi connectivity index (χ0) is 9.23. The Morgan fingerprint density at radius 1 is 1.45 bits per heavy atom. The van der Waals surface area contributed by atoms with Crippen LogP contribution in [0, 0.1) is 11.3 Å². The molecule has 0 saturated heterocycles. The van der Waals surface area contributed by atoms with E-state index in [0.29, 0.717) is 5.92 Å². The Kier molecular flexibility index (Phi) is 3.05. The van der Waals surface area contributed by atoms with Crippen molar-refractivity contribution in [2.75, 3.05) is 7.05 Å². The fourth-order valence-electron chi connectivity index (χ4n) is 0.701. The van der Waals surface area contributed by atoms with E-state index in [9.17, 15) is 4.79 Å². The molecule has 0 heterocycles. The first-order valence-electron chi connectivity index (χ1n) is 3.83. The minimum Gasteiger partial charge on any atom is -0.283 e. The predicted octanol–water partition coefficient (Wildman–Crippen LogP) is 1.00. The number of hydrazine groups is 1. The molecule has 0 aromatic carbocycles. The molecule has 3 heteroatoms. The molecular weight excluding hydrogens is 140 g/mol. The molecule has 1 amide bonds. The zero-order valence-electron chi connectivity index (χ0n) is 8.01. The van der Waals surface area contributed by atoms with Crippen LogP contribution in [0.15, 0.2) is 0 Å². The van der Waals surface area contributed by atoms with Crippen LogP contribution in [0.4, 0.5) is 0 Å². The Bertz CT molecular complexity index is 150. The number of nitrogens with two attached hydrogens (primary N) is 1. The summed E-state index contributed by atoms with van der Waals surface area (Å²) in [5.74, 6) is 5.63. The molecule has 0 aromatic rings. The van der Waals surface area contributed by atoms with Crippen LogP contribution in [0.1, 0.15) is 27.7 Å². The van der Waals surface area contributed by atoms with E-state index in [-0.39, 0.29) is 11.3 Å². The smallest absolute Gasteiger partial charge is 0.242 e. The molecule has 0 atom stereocenters. The van der Waals surface area contributed by atoms with Crippen LogP contribution < -0.4 is 5.84 Å². The molecule has 0 unspecified atom stereocenters. The number of nitrogens with zero attached hydrogens (tertiary/aromatic N) is 1. The van der Waals surface area contributed by atoms with Gasteiger partial charge in [-0.2, -0.15) is 0 Å². The third-order valence-corrected chi connectivity index (χ3v) is 2.31. The molecule has 0 fully saturated rings. The number of hydrogen-bond donors (Lipinski definition) is 1. The minimum absolute atomic E-state index is 0.0208. The van der Waals surface area contributed by atoms with Crippen molar-refractivity contribution in [1.82, 2.24) is 5.01 Å². The molecule has 0 spiro atoms. The van der Waals surface area contributed by atoms with Crippen molar-refractivity contribution >= 4 is 5.91 Å². The number of rotatable bonds is 2. The van der Waals surface area contributed by atoms with Crippen LogP contribution in [0.5, 0.6) is 0 Å². The van der Waals surface area contributed by atoms with Crippen molar-refractivity contribution in [1.29, 1.82) is 0 Å². The Morgan fingerprint density at radius 2 is 1.82 bits per heavy atom. The van der Waals surface area contributed by atoms with Gasteiger partial charge in [0.05, 0.1) is 0 Å². The first-order valence-corrected chi connectivity index (χ1v) is 3.83. The van der Waals surface area contributed by atoms with Gasteiger partial charge >= 0.3 is 0 Å². The Hall–Kier alpha value is -0.570. The highest BCUT2D eigenvalue weighted by Crippen LogP contribution is 2.27. The van der Waals surface area contributed by atoms with Crippen LogP contribution in [-0.4, -0.2) is 18.0 Å². The van der Waals surface area contributed by atoms with Crippen LogP contribution in [-0.2, 0) is 4.79 Å². The summed E-state index contributed by atoms with van der Waals surface area (Å²) in [4.78, 5) is 11.4. The number of hydrogen-bond acceptors (Lipinski definition) is 2. The maximum absolute atomic E-state index is 11.4. The molecule has 0 saturated carbocycles. The molecule has 3 nitrogen and oxygen atoms in total. The van der Waals surface area contributed by atoms with E-state index in [0.717, 1.165) is 5.01 Å². The number of carbonyl (C=O) groups is 1. The summed E-state index contributed by atoms with van der Waals surface area (Å²) in [5, 5.41) is 1.15. The van der Waals surface area contributed by atoms with Gasteiger partial charge in [0.25, 0.3) is 0 Å². The third kappa shape index (κ3) is 2.19. The normalized spacial score (nSPS) is 11.9. The molecule has 0 aromatic heterocycles. The highest BCUT2D eigenvalue weighted by atomic mass is 16.2. The average Bonchev–Trinajstić information content (AvgIpc) is 1.85. The lowest BCUT2D eigenvalue weighted by Crippen LogP contribution is -2.44. The maximum Gasteiger partial charge on any atom is 0.242 e. The topological polar surface area (TPSA) is 46.3 Å². The maximum atomic E-state index is 11.4. The monoisotopic (exact) mass is 158 g/mol. The summed E-state index contributed by atoms with van der Waals surface area (Å²) in [6.07, 6.45) is 0. The largest absolute Gasteiger partial charge is 0.283 e. The van der Waals surface area contributed by atoms with Crippen molar-refractivity contribution in [2.24, 2.45) is 17.2 Å². The van der Waals surface area contributed by atoms with E-state index < -0.39 is 0 Å². The van der Waals surface area contributed by atoms with E-state index in [2.05, 4.69) is 0 Å². The number of amides is 1. The fourth-order valence-corrected chi connectivity index (χ4v) is 0.701. The zero-order valence-corrected chi connectivity index (χ0v) is 8.01. The van der Waals surface area contributed by atoms with E-state index in [4.69, 9.17) is 5.84 Å². The lowest BCUT2D eigenvalue weighted by Gasteiger charge is -2.30. The summed E-state index contributed by atoms with van der Waals surface area (Å²) < 4.78 is 0. The molecule has 0 bridgehead atoms. The van der Waals surface area contributed by atoms with Crippen LogP contribution >= 0.6 is 0 Å². The first-order chi connectivity index (χ1) is 4.80. The molecule has 11 heavy (non-hydrogen) atoms. The van der Waals surface area contributed by atoms with Gasteiger partial charge in [0.2, 0.25) is 5.91 Å². The quantitative estimate of drug-likeness (QED) is 0.370. The van der Waals surface area contributed by atoms with Crippen molar-refractivity contribution in [3.05, 3.63) is 0 Å². The van der Waals surface area contributed by atoms with Gasteiger partial charge in [0.15, 0.2) is 0 Å². The minimum atomic E-state index is -0.358. The molecule has 0 aliphatic rings. The second-order valence-electron chi connectivity index (χ2n) is 3.79. The fraction of sp³-hybridized carbons (Fsp3) is 0.875. The highest BCUT2D eigenvalue weighted by Gasteiger charge is 2.32. The molecule has 0 aliphatic carbocycles. The van der Waals surface area contributed by atoms with Crippen LogP contribution in [0.2, 0.25) is 0 Å². The Morgan fingerprint density at radius 3 is 1.91 bits per heavy atom. The standard InChI is InChI=1S/C8H18N2O/c1-6(2)8(3,4)7(11)10(5)9/h6H,9H2,1-5H3. The van der Waals surface area contributed by atoms with Crippen molar-refractivity contribution < 1.29 is 4.79 Å². The van der Waals surface area contributed by atoms with E-state index in [1.165, 1.54) is 0 Å². The van der Waals surface area contributed by atoms with Gasteiger partial charge in [-0.05, 0) is 5.92 Å². The molecular formula is C8H18N2O. The first kappa shape index (κ1) is 10.4. The lowest BCUT2D eigenvalue weighted by molar-refractivity contribution is -0.141. The van der Waals surface area contributed by atoms with Gasteiger partial charge < -0.3 is 0 Å². The average molecular weight is 158 g/mol. The highest BCUT2D eigenvalue weighted by molar-refractivity contribution is 5.81. The van der Waals surface area contributed by atoms with Gasteiger partial charge in [0, 0.05) is 12.5 Å². The van der Waals surface area contributed by atoms with E-state index >= 15 is 0 Å².